The Kier molecular flexibility index (Phi) is 4.49. The van der Waals surface area contributed by atoms with Gasteiger partial charge in [-0.1, -0.05) is 60.7 Å². The first-order chi connectivity index (χ1) is 16.3. The van der Waals surface area contributed by atoms with E-state index >= 15 is 0 Å². The molecule has 0 aliphatic rings. The van der Waals surface area contributed by atoms with Crippen LogP contribution in [0.1, 0.15) is 5.56 Å². The molecule has 0 spiro atoms. The molecule has 3 heteroatoms. The van der Waals surface area contributed by atoms with Gasteiger partial charge in [0.2, 0.25) is 0 Å². The summed E-state index contributed by atoms with van der Waals surface area (Å²) in [6.07, 6.45) is 1.81. The molecule has 0 bridgehead atoms. The van der Waals surface area contributed by atoms with Crippen molar-refractivity contribution in [2.45, 2.75) is 0 Å². The molecule has 0 fully saturated rings. The largest absolute Gasteiger partial charge is 0.456 e. The number of rotatable bonds is 3. The van der Waals surface area contributed by atoms with Crippen molar-refractivity contribution in [3.8, 4) is 39.6 Å². The minimum Gasteiger partial charge on any atom is -0.456 e. The van der Waals surface area contributed by atoms with Crippen LogP contribution in [0.2, 0.25) is 0 Å². The molecular weight excluding hydrogens is 404 g/mol. The SMILES string of the molecule is N#Cc1cccc(-c2cccc3oc4ccc(-c5ccc(-c6ccccn6)cc5)cc4c23)c1. The second-order valence-corrected chi connectivity index (χ2v) is 7.98. The molecule has 0 N–H and O–H groups in total. The Hall–Kier alpha value is -4.68. The van der Waals surface area contributed by atoms with Crippen molar-refractivity contribution in [1.29, 1.82) is 5.26 Å². The average molecular weight is 422 g/mol. The quantitative estimate of drug-likeness (QED) is 0.292. The third-order valence-electron chi connectivity index (χ3n) is 5.98. The zero-order chi connectivity index (χ0) is 22.2. The summed E-state index contributed by atoms with van der Waals surface area (Å²) in [7, 11) is 0. The van der Waals surface area contributed by atoms with Gasteiger partial charge in [-0.2, -0.15) is 5.26 Å². The molecule has 154 valence electrons. The molecule has 0 saturated carbocycles. The first-order valence-electron chi connectivity index (χ1n) is 10.8. The smallest absolute Gasteiger partial charge is 0.136 e. The van der Waals surface area contributed by atoms with Gasteiger partial charge in [-0.3, -0.25) is 4.98 Å². The number of aromatic nitrogens is 1. The summed E-state index contributed by atoms with van der Waals surface area (Å²) in [5.74, 6) is 0. The number of furan rings is 1. The van der Waals surface area contributed by atoms with Gasteiger partial charge in [0, 0.05) is 22.5 Å². The van der Waals surface area contributed by atoms with Crippen LogP contribution in [0.4, 0.5) is 0 Å². The second-order valence-electron chi connectivity index (χ2n) is 7.98. The fourth-order valence-electron chi connectivity index (χ4n) is 4.37. The first-order valence-corrected chi connectivity index (χ1v) is 10.8. The number of fused-ring (bicyclic) bond motifs is 3. The molecular formula is C30H18N2O. The van der Waals surface area contributed by atoms with Gasteiger partial charge < -0.3 is 4.42 Å². The highest BCUT2D eigenvalue weighted by atomic mass is 16.3. The lowest BCUT2D eigenvalue weighted by Crippen LogP contribution is -1.84. The van der Waals surface area contributed by atoms with Crippen LogP contribution in [-0.4, -0.2) is 4.98 Å². The van der Waals surface area contributed by atoms with Crippen molar-refractivity contribution >= 4 is 21.9 Å². The molecule has 0 aliphatic carbocycles. The zero-order valence-electron chi connectivity index (χ0n) is 17.7. The van der Waals surface area contributed by atoms with E-state index in [2.05, 4.69) is 53.5 Å². The third-order valence-corrected chi connectivity index (χ3v) is 5.98. The van der Waals surface area contributed by atoms with E-state index in [1.807, 2.05) is 66.9 Å². The van der Waals surface area contributed by atoms with E-state index in [0.29, 0.717) is 5.56 Å². The van der Waals surface area contributed by atoms with Crippen LogP contribution in [-0.2, 0) is 0 Å². The highest BCUT2D eigenvalue weighted by Gasteiger charge is 2.14. The van der Waals surface area contributed by atoms with Gasteiger partial charge in [0.25, 0.3) is 0 Å². The molecule has 2 aromatic heterocycles. The van der Waals surface area contributed by atoms with Gasteiger partial charge in [0.15, 0.2) is 0 Å². The third kappa shape index (κ3) is 3.35. The van der Waals surface area contributed by atoms with Crippen LogP contribution in [0.3, 0.4) is 0 Å². The molecule has 2 heterocycles. The Morgan fingerprint density at radius 3 is 2.27 bits per heavy atom. The Labute approximate surface area is 191 Å². The summed E-state index contributed by atoms with van der Waals surface area (Å²) < 4.78 is 6.17. The van der Waals surface area contributed by atoms with E-state index in [-0.39, 0.29) is 0 Å². The van der Waals surface area contributed by atoms with E-state index in [1.54, 1.807) is 0 Å². The maximum Gasteiger partial charge on any atom is 0.136 e. The van der Waals surface area contributed by atoms with Gasteiger partial charge in [-0.25, -0.2) is 0 Å². The summed E-state index contributed by atoms with van der Waals surface area (Å²) in [4.78, 5) is 4.44. The molecule has 0 aliphatic heterocycles. The monoisotopic (exact) mass is 422 g/mol. The van der Waals surface area contributed by atoms with Crippen LogP contribution in [0, 0.1) is 11.3 Å². The van der Waals surface area contributed by atoms with Gasteiger partial charge in [0.1, 0.15) is 11.2 Å². The minimum absolute atomic E-state index is 0.644. The molecule has 6 rings (SSSR count). The van der Waals surface area contributed by atoms with Crippen LogP contribution in [0.25, 0.3) is 55.4 Å². The van der Waals surface area contributed by atoms with Crippen molar-refractivity contribution in [1.82, 2.24) is 4.98 Å². The molecule has 0 radical (unpaired) electrons. The van der Waals surface area contributed by atoms with Gasteiger partial charge in [0.05, 0.1) is 17.3 Å². The molecule has 0 saturated heterocycles. The maximum atomic E-state index is 9.34. The Balaban J connectivity index is 1.49. The first kappa shape index (κ1) is 19.0. The van der Waals surface area contributed by atoms with Crippen molar-refractivity contribution < 1.29 is 4.42 Å². The number of hydrogen-bond donors (Lipinski definition) is 0. The molecule has 0 atom stereocenters. The van der Waals surface area contributed by atoms with Gasteiger partial charge in [-0.15, -0.1) is 0 Å². The maximum absolute atomic E-state index is 9.34. The fraction of sp³-hybridized carbons (Fsp3) is 0. The van der Waals surface area contributed by atoms with Crippen molar-refractivity contribution in [3.05, 3.63) is 115 Å². The Morgan fingerprint density at radius 1 is 0.636 bits per heavy atom. The van der Waals surface area contributed by atoms with Crippen LogP contribution in [0.15, 0.2) is 114 Å². The van der Waals surface area contributed by atoms with E-state index in [9.17, 15) is 5.26 Å². The average Bonchev–Trinajstić information content (AvgIpc) is 3.27. The van der Waals surface area contributed by atoms with E-state index in [1.165, 1.54) is 0 Å². The number of nitriles is 1. The summed E-state index contributed by atoms with van der Waals surface area (Å²) in [5, 5.41) is 11.5. The summed E-state index contributed by atoms with van der Waals surface area (Å²) >= 11 is 0. The van der Waals surface area contributed by atoms with Gasteiger partial charge >= 0.3 is 0 Å². The molecule has 33 heavy (non-hydrogen) atoms. The molecule has 0 unspecified atom stereocenters. The number of nitrogens with zero attached hydrogens (tertiary/aromatic N) is 2. The lowest BCUT2D eigenvalue weighted by Gasteiger charge is -2.06. The lowest BCUT2D eigenvalue weighted by molar-refractivity contribution is 0.669. The molecule has 0 amide bonds. The summed E-state index contributed by atoms with van der Waals surface area (Å²) in [5.41, 5.74) is 8.71. The highest BCUT2D eigenvalue weighted by molar-refractivity contribution is 6.13. The second kappa shape index (κ2) is 7.78. The van der Waals surface area contributed by atoms with Crippen molar-refractivity contribution in [3.63, 3.8) is 0 Å². The molecule has 4 aromatic carbocycles. The Morgan fingerprint density at radius 2 is 1.45 bits per heavy atom. The van der Waals surface area contributed by atoms with E-state index in [0.717, 1.165) is 55.4 Å². The van der Waals surface area contributed by atoms with E-state index in [4.69, 9.17) is 4.42 Å². The highest BCUT2D eigenvalue weighted by Crippen LogP contribution is 2.38. The number of pyridine rings is 1. The van der Waals surface area contributed by atoms with Crippen LogP contribution < -0.4 is 0 Å². The number of hydrogen-bond acceptors (Lipinski definition) is 3. The van der Waals surface area contributed by atoms with Crippen molar-refractivity contribution in [2.75, 3.05) is 0 Å². The predicted molar refractivity (Wildman–Crippen MR) is 133 cm³/mol. The molecule has 3 nitrogen and oxygen atoms in total. The normalized spacial score (nSPS) is 11.0. The van der Waals surface area contributed by atoms with Crippen LogP contribution in [0.5, 0.6) is 0 Å². The fourth-order valence-corrected chi connectivity index (χ4v) is 4.37. The summed E-state index contributed by atoms with van der Waals surface area (Å²) in [6, 6.07) is 36.7. The lowest BCUT2D eigenvalue weighted by atomic mass is 9.96. The minimum atomic E-state index is 0.644. The van der Waals surface area contributed by atoms with Crippen LogP contribution >= 0.6 is 0 Å². The Bertz CT molecular complexity index is 1660. The predicted octanol–water partition coefficient (Wildman–Crippen LogP) is 7.85. The van der Waals surface area contributed by atoms with E-state index < -0.39 is 0 Å². The number of benzene rings is 4. The van der Waals surface area contributed by atoms with Gasteiger partial charge in [-0.05, 0) is 64.7 Å². The molecule has 6 aromatic rings. The zero-order valence-corrected chi connectivity index (χ0v) is 17.7. The summed E-state index contributed by atoms with van der Waals surface area (Å²) in [6.45, 7) is 0. The topological polar surface area (TPSA) is 49.8 Å². The standard InChI is InChI=1S/C30H18N2O/c31-19-20-5-3-6-24(17-20)25-7-4-9-29-30(25)26-18-23(14-15-28(26)33-29)21-10-12-22(13-11-21)27-8-1-2-16-32-27/h1-18H. The van der Waals surface area contributed by atoms with Crippen molar-refractivity contribution in [2.24, 2.45) is 0 Å².